The van der Waals surface area contributed by atoms with E-state index in [4.69, 9.17) is 16.3 Å². The summed E-state index contributed by atoms with van der Waals surface area (Å²) in [7, 11) is 1.44. The number of aromatic hydroxyl groups is 1. The van der Waals surface area contributed by atoms with Crippen molar-refractivity contribution in [3.63, 3.8) is 0 Å². The number of rotatable bonds is 5. The molecule has 2 aromatic carbocycles. The van der Waals surface area contributed by atoms with Crippen LogP contribution in [0.2, 0.25) is 5.02 Å². The highest BCUT2D eigenvalue weighted by molar-refractivity contribution is 7.98. The number of benzene rings is 2. The molecule has 1 aliphatic heterocycles. The number of aromatic nitrogens is 2. The molecule has 0 fully saturated rings. The number of nitrogens with zero attached hydrogens (tertiary/aromatic N) is 1. The summed E-state index contributed by atoms with van der Waals surface area (Å²) in [5, 5.41) is 13.6. The summed E-state index contributed by atoms with van der Waals surface area (Å²) in [6.07, 6.45) is 0.0979. The number of carbonyl (C=O) groups excluding carboxylic acids is 1. The molecule has 30 heavy (non-hydrogen) atoms. The lowest BCUT2D eigenvalue weighted by atomic mass is 9.86. The predicted molar refractivity (Wildman–Crippen MR) is 116 cm³/mol. The summed E-state index contributed by atoms with van der Waals surface area (Å²) in [6, 6.07) is 12.2. The van der Waals surface area contributed by atoms with E-state index in [0.717, 1.165) is 5.56 Å². The van der Waals surface area contributed by atoms with Crippen molar-refractivity contribution in [3.05, 3.63) is 74.5 Å². The van der Waals surface area contributed by atoms with Crippen molar-refractivity contribution < 1.29 is 14.6 Å². The molecule has 1 aromatic heterocycles. The van der Waals surface area contributed by atoms with E-state index >= 15 is 0 Å². The van der Waals surface area contributed by atoms with Crippen molar-refractivity contribution in [3.8, 4) is 11.5 Å². The molecule has 4 rings (SSSR count). The lowest BCUT2D eigenvalue weighted by Crippen LogP contribution is -2.31. The van der Waals surface area contributed by atoms with Crippen LogP contribution in [-0.2, 0) is 10.5 Å². The average molecular weight is 444 g/mol. The normalized spacial score (nSPS) is 15.4. The number of amides is 1. The molecule has 0 bridgehead atoms. The Morgan fingerprint density at radius 1 is 1.27 bits per heavy atom. The van der Waals surface area contributed by atoms with Gasteiger partial charge in [-0.05, 0) is 35.4 Å². The van der Waals surface area contributed by atoms with E-state index in [2.05, 4.69) is 15.3 Å². The Labute approximate surface area is 181 Å². The number of hydrogen-bond acceptors (Lipinski definition) is 6. The standard InChI is InChI=1S/C21H18ClN3O4S/c1-29-16-8-12(5-6-15(16)26)14-9-17(27)23-19-18(14)20(28)25-21(24-19)30-10-11-3-2-4-13(22)7-11/h2-8,14,26H,9-10H2,1H3,(H2,23,24,25,27,28)/t14-/m0/s1. The lowest BCUT2D eigenvalue weighted by molar-refractivity contribution is -0.116. The molecule has 3 aromatic rings. The van der Waals surface area contributed by atoms with Crippen LogP contribution in [0.15, 0.2) is 52.4 Å². The Bertz CT molecular complexity index is 1180. The Hall–Kier alpha value is -2.97. The number of nitrogens with one attached hydrogen (secondary N) is 2. The second-order valence-corrected chi connectivity index (χ2v) is 8.19. The number of aromatic amines is 1. The average Bonchev–Trinajstić information content (AvgIpc) is 2.72. The zero-order valence-corrected chi connectivity index (χ0v) is 17.5. The predicted octanol–water partition coefficient (Wildman–Crippen LogP) is 3.90. The van der Waals surface area contributed by atoms with Crippen LogP contribution in [0.25, 0.3) is 0 Å². The largest absolute Gasteiger partial charge is 0.504 e. The third-order valence-corrected chi connectivity index (χ3v) is 5.98. The van der Waals surface area contributed by atoms with Crippen LogP contribution in [0.1, 0.15) is 29.0 Å². The van der Waals surface area contributed by atoms with Crippen LogP contribution < -0.4 is 15.6 Å². The van der Waals surface area contributed by atoms with Crippen molar-refractivity contribution in [1.82, 2.24) is 9.97 Å². The molecule has 3 N–H and O–H groups in total. The van der Waals surface area contributed by atoms with Crippen LogP contribution in [0, 0.1) is 0 Å². The van der Waals surface area contributed by atoms with Gasteiger partial charge in [0.1, 0.15) is 5.82 Å². The first-order chi connectivity index (χ1) is 14.4. The van der Waals surface area contributed by atoms with E-state index in [0.29, 0.717) is 27.1 Å². The number of H-pyrrole nitrogens is 1. The molecule has 0 aliphatic carbocycles. The molecule has 154 valence electrons. The zero-order chi connectivity index (χ0) is 21.3. The second kappa shape index (κ2) is 8.41. The fourth-order valence-corrected chi connectivity index (χ4v) is 4.41. The van der Waals surface area contributed by atoms with Gasteiger partial charge in [0.15, 0.2) is 16.7 Å². The monoisotopic (exact) mass is 443 g/mol. The minimum absolute atomic E-state index is 0.0125. The van der Waals surface area contributed by atoms with Gasteiger partial charge >= 0.3 is 0 Å². The third-order valence-electron chi connectivity index (χ3n) is 4.80. The van der Waals surface area contributed by atoms with Gasteiger partial charge in [0.25, 0.3) is 5.56 Å². The van der Waals surface area contributed by atoms with Crippen molar-refractivity contribution in [1.29, 1.82) is 0 Å². The van der Waals surface area contributed by atoms with E-state index in [-0.39, 0.29) is 35.2 Å². The molecule has 0 spiro atoms. The van der Waals surface area contributed by atoms with E-state index in [1.807, 2.05) is 18.2 Å². The smallest absolute Gasteiger partial charge is 0.257 e. The Balaban J connectivity index is 1.67. The van der Waals surface area contributed by atoms with Gasteiger partial charge in [0.2, 0.25) is 5.91 Å². The van der Waals surface area contributed by atoms with Gasteiger partial charge in [0.05, 0.1) is 12.7 Å². The van der Waals surface area contributed by atoms with Gasteiger partial charge in [-0.15, -0.1) is 0 Å². The maximum Gasteiger partial charge on any atom is 0.257 e. The molecular formula is C21H18ClN3O4S. The van der Waals surface area contributed by atoms with Gasteiger partial charge in [0, 0.05) is 23.1 Å². The number of phenols is 1. The summed E-state index contributed by atoms with van der Waals surface area (Å²) in [5.74, 6) is 0.352. The first-order valence-corrected chi connectivity index (χ1v) is 10.5. The topological polar surface area (TPSA) is 104 Å². The van der Waals surface area contributed by atoms with E-state index in [1.165, 1.54) is 24.9 Å². The summed E-state index contributed by atoms with van der Waals surface area (Å²) >= 11 is 7.36. The number of ether oxygens (including phenoxy) is 1. The van der Waals surface area contributed by atoms with Crippen LogP contribution in [0.4, 0.5) is 5.82 Å². The van der Waals surface area contributed by atoms with Crippen molar-refractivity contribution >= 4 is 35.1 Å². The summed E-state index contributed by atoms with van der Waals surface area (Å²) in [4.78, 5) is 32.5. The molecule has 7 nitrogen and oxygen atoms in total. The highest BCUT2D eigenvalue weighted by atomic mass is 35.5. The van der Waals surface area contributed by atoms with Crippen molar-refractivity contribution in [2.45, 2.75) is 23.2 Å². The van der Waals surface area contributed by atoms with Gasteiger partial charge in [-0.3, -0.25) is 9.59 Å². The molecule has 9 heteroatoms. The highest BCUT2D eigenvalue weighted by Gasteiger charge is 2.31. The number of carbonyl (C=O) groups is 1. The van der Waals surface area contributed by atoms with Crippen molar-refractivity contribution in [2.24, 2.45) is 0 Å². The first kappa shape index (κ1) is 20.3. The number of thioether (sulfide) groups is 1. The summed E-state index contributed by atoms with van der Waals surface area (Å²) in [5.41, 5.74) is 1.75. The Morgan fingerprint density at radius 2 is 2.10 bits per heavy atom. The number of halogens is 1. The third kappa shape index (κ3) is 4.15. The SMILES string of the molecule is COc1cc([C@@H]2CC(=O)Nc3nc(SCc4cccc(Cl)c4)[nH]c(=O)c32)ccc1O. The van der Waals surface area contributed by atoms with Crippen LogP contribution >= 0.6 is 23.4 Å². The molecule has 0 radical (unpaired) electrons. The molecule has 0 saturated carbocycles. The van der Waals surface area contributed by atoms with E-state index < -0.39 is 5.92 Å². The minimum Gasteiger partial charge on any atom is -0.504 e. The molecule has 1 amide bonds. The number of hydrogen-bond donors (Lipinski definition) is 3. The van der Waals surface area contributed by atoms with Crippen molar-refractivity contribution in [2.75, 3.05) is 12.4 Å². The zero-order valence-electron chi connectivity index (χ0n) is 15.9. The molecule has 1 atom stereocenters. The van der Waals surface area contributed by atoms with E-state index in [1.54, 1.807) is 18.2 Å². The number of methoxy groups -OCH3 is 1. The highest BCUT2D eigenvalue weighted by Crippen LogP contribution is 2.38. The van der Waals surface area contributed by atoms with Gasteiger partial charge in [-0.25, -0.2) is 4.98 Å². The second-order valence-electron chi connectivity index (χ2n) is 6.79. The molecule has 1 aliphatic rings. The van der Waals surface area contributed by atoms with Gasteiger partial charge in [-0.1, -0.05) is 41.6 Å². The van der Waals surface area contributed by atoms with E-state index in [9.17, 15) is 14.7 Å². The molecule has 0 unspecified atom stereocenters. The van der Waals surface area contributed by atoms with Crippen LogP contribution in [0.3, 0.4) is 0 Å². The summed E-state index contributed by atoms with van der Waals surface area (Å²) < 4.78 is 5.16. The van der Waals surface area contributed by atoms with Gasteiger partial charge in [-0.2, -0.15) is 0 Å². The lowest BCUT2D eigenvalue weighted by Gasteiger charge is -2.25. The van der Waals surface area contributed by atoms with Crippen LogP contribution in [-0.4, -0.2) is 28.1 Å². The number of phenolic OH excluding ortho intramolecular Hbond substituents is 1. The Kier molecular flexibility index (Phi) is 5.69. The fraction of sp³-hybridized carbons (Fsp3) is 0.190. The minimum atomic E-state index is -0.494. The quantitative estimate of drug-likeness (QED) is 0.408. The molecule has 2 heterocycles. The summed E-state index contributed by atoms with van der Waals surface area (Å²) in [6.45, 7) is 0. The Morgan fingerprint density at radius 3 is 2.87 bits per heavy atom. The maximum absolute atomic E-state index is 12.9. The molecule has 0 saturated heterocycles. The first-order valence-electron chi connectivity index (χ1n) is 9.13. The number of fused-ring (bicyclic) bond motifs is 1. The fourth-order valence-electron chi connectivity index (χ4n) is 3.39. The number of anilines is 1. The van der Waals surface area contributed by atoms with Crippen LogP contribution in [0.5, 0.6) is 11.5 Å². The maximum atomic E-state index is 12.9. The van der Waals surface area contributed by atoms with Gasteiger partial charge < -0.3 is 20.1 Å². The molecular weight excluding hydrogens is 426 g/mol.